The monoisotopic (exact) mass is 278 g/mol. The Bertz CT molecular complexity index is 433. The predicted octanol–water partition coefficient (Wildman–Crippen LogP) is 1.95. The normalized spacial score (nSPS) is 20.2. The summed E-state index contributed by atoms with van der Waals surface area (Å²) in [7, 11) is 1.64. The van der Waals surface area contributed by atoms with E-state index in [1.807, 2.05) is 24.3 Å². The number of hydrogen-bond donors (Lipinski definition) is 2. The number of ether oxygens (including phenoxy) is 1. The van der Waals surface area contributed by atoms with Crippen LogP contribution in [0.4, 0.5) is 0 Å². The third kappa shape index (κ3) is 3.71. The molecule has 1 aliphatic heterocycles. The Labute approximate surface area is 119 Å². The number of nitrogens with one attached hydrogen (secondary N) is 1. The topological polar surface area (TPSA) is 61.8 Å². The first-order valence-electron chi connectivity index (χ1n) is 7.05. The van der Waals surface area contributed by atoms with Crippen LogP contribution in [0.25, 0.3) is 0 Å². The summed E-state index contributed by atoms with van der Waals surface area (Å²) in [5.41, 5.74) is 2.94. The quantitative estimate of drug-likeness (QED) is 0.653. The molecular weight excluding hydrogens is 256 g/mol. The molecule has 2 N–H and O–H groups in total. The van der Waals surface area contributed by atoms with Crippen LogP contribution in [0.5, 0.6) is 5.75 Å². The van der Waals surface area contributed by atoms with Crippen LogP contribution in [-0.4, -0.2) is 35.7 Å². The predicted molar refractivity (Wildman–Crippen MR) is 75.6 cm³/mol. The van der Waals surface area contributed by atoms with E-state index in [-0.39, 0.29) is 11.9 Å². The zero-order chi connectivity index (χ0) is 14.4. The van der Waals surface area contributed by atoms with E-state index >= 15 is 0 Å². The molecule has 1 atom stereocenters. The molecule has 1 unspecified atom stereocenters. The first-order chi connectivity index (χ1) is 9.74. The average molecular weight is 278 g/mol. The van der Waals surface area contributed by atoms with E-state index in [4.69, 9.17) is 9.94 Å². The lowest BCUT2D eigenvalue weighted by atomic mass is 10.1. The molecular formula is C15H22N2O3. The Balaban J connectivity index is 2.07. The van der Waals surface area contributed by atoms with Gasteiger partial charge in [-0.1, -0.05) is 25.0 Å². The summed E-state index contributed by atoms with van der Waals surface area (Å²) in [6.45, 7) is 1.59. The molecule has 1 heterocycles. The van der Waals surface area contributed by atoms with Gasteiger partial charge in [0.05, 0.1) is 13.2 Å². The molecule has 0 spiro atoms. The zero-order valence-electron chi connectivity index (χ0n) is 11.8. The van der Waals surface area contributed by atoms with Gasteiger partial charge in [-0.15, -0.1) is 0 Å². The lowest BCUT2D eigenvalue weighted by molar-refractivity contribution is -0.135. The SMILES string of the molecule is COc1ccc(CN2CCCCCC2C(=O)NO)cc1. The van der Waals surface area contributed by atoms with Gasteiger partial charge in [0.2, 0.25) is 0 Å². The molecule has 1 fully saturated rings. The van der Waals surface area contributed by atoms with Gasteiger partial charge in [-0.25, -0.2) is 5.48 Å². The van der Waals surface area contributed by atoms with E-state index in [0.29, 0.717) is 6.54 Å². The number of likely N-dealkylation sites (tertiary alicyclic amines) is 1. The molecule has 5 heteroatoms. The Morgan fingerprint density at radius 1 is 1.35 bits per heavy atom. The maximum atomic E-state index is 11.8. The lowest BCUT2D eigenvalue weighted by Crippen LogP contribution is -2.45. The fraction of sp³-hybridized carbons (Fsp3) is 0.533. The molecule has 1 aliphatic rings. The van der Waals surface area contributed by atoms with Gasteiger partial charge in [-0.3, -0.25) is 14.9 Å². The minimum atomic E-state index is -0.305. The first kappa shape index (κ1) is 14.8. The third-order valence-electron chi connectivity index (χ3n) is 3.82. The van der Waals surface area contributed by atoms with Crippen molar-refractivity contribution in [1.29, 1.82) is 0 Å². The zero-order valence-corrected chi connectivity index (χ0v) is 11.8. The molecule has 2 rings (SSSR count). The van der Waals surface area contributed by atoms with Crippen LogP contribution in [0.2, 0.25) is 0 Å². The Morgan fingerprint density at radius 3 is 2.75 bits per heavy atom. The first-order valence-corrected chi connectivity index (χ1v) is 7.05. The second-order valence-electron chi connectivity index (χ2n) is 5.16. The highest BCUT2D eigenvalue weighted by molar-refractivity contribution is 5.80. The summed E-state index contributed by atoms with van der Waals surface area (Å²) in [6.07, 6.45) is 4.04. The molecule has 110 valence electrons. The van der Waals surface area contributed by atoms with Gasteiger partial charge in [0, 0.05) is 6.54 Å². The van der Waals surface area contributed by atoms with Crippen molar-refractivity contribution in [2.24, 2.45) is 0 Å². The van der Waals surface area contributed by atoms with Crippen molar-refractivity contribution in [2.45, 2.75) is 38.3 Å². The number of carbonyl (C=O) groups is 1. The van der Waals surface area contributed by atoms with Crippen LogP contribution < -0.4 is 10.2 Å². The van der Waals surface area contributed by atoms with E-state index < -0.39 is 0 Å². The summed E-state index contributed by atoms with van der Waals surface area (Å²) in [6, 6.07) is 7.63. The number of carbonyl (C=O) groups excluding carboxylic acids is 1. The molecule has 0 saturated carbocycles. The Kier molecular flexibility index (Phi) is 5.38. The third-order valence-corrected chi connectivity index (χ3v) is 3.82. The highest BCUT2D eigenvalue weighted by atomic mass is 16.5. The number of nitrogens with zero attached hydrogens (tertiary/aromatic N) is 1. The standard InChI is InChI=1S/C15H22N2O3/c1-20-13-8-6-12(7-9-13)11-17-10-4-2-3-5-14(17)15(18)16-19/h6-9,14,19H,2-5,10-11H2,1H3,(H,16,18). The van der Waals surface area contributed by atoms with Gasteiger partial charge in [-0.2, -0.15) is 0 Å². The van der Waals surface area contributed by atoms with Crippen molar-refractivity contribution in [3.63, 3.8) is 0 Å². The molecule has 0 bridgehead atoms. The van der Waals surface area contributed by atoms with E-state index in [0.717, 1.165) is 43.5 Å². The summed E-state index contributed by atoms with van der Waals surface area (Å²) < 4.78 is 5.15. The van der Waals surface area contributed by atoms with Gasteiger partial charge >= 0.3 is 0 Å². The molecule has 5 nitrogen and oxygen atoms in total. The highest BCUT2D eigenvalue weighted by Crippen LogP contribution is 2.20. The van der Waals surface area contributed by atoms with Gasteiger partial charge in [-0.05, 0) is 37.1 Å². The molecule has 1 saturated heterocycles. The van der Waals surface area contributed by atoms with Crippen LogP contribution in [0, 0.1) is 0 Å². The van der Waals surface area contributed by atoms with Crippen molar-refractivity contribution in [2.75, 3.05) is 13.7 Å². The molecule has 0 aromatic heterocycles. The van der Waals surface area contributed by atoms with Crippen LogP contribution in [0.15, 0.2) is 24.3 Å². The molecule has 20 heavy (non-hydrogen) atoms. The largest absolute Gasteiger partial charge is 0.497 e. The number of benzene rings is 1. The van der Waals surface area contributed by atoms with E-state index in [2.05, 4.69) is 4.90 Å². The van der Waals surface area contributed by atoms with Crippen molar-refractivity contribution >= 4 is 5.91 Å². The van der Waals surface area contributed by atoms with Crippen LogP contribution in [0.3, 0.4) is 0 Å². The second-order valence-corrected chi connectivity index (χ2v) is 5.16. The number of amides is 1. The maximum Gasteiger partial charge on any atom is 0.260 e. The molecule has 1 amide bonds. The summed E-state index contributed by atoms with van der Waals surface area (Å²) in [5.74, 6) is 0.523. The van der Waals surface area contributed by atoms with Gasteiger partial charge < -0.3 is 4.74 Å². The van der Waals surface area contributed by atoms with Gasteiger partial charge in [0.1, 0.15) is 5.75 Å². The average Bonchev–Trinajstić information content (AvgIpc) is 2.73. The summed E-state index contributed by atoms with van der Waals surface area (Å²) >= 11 is 0. The van der Waals surface area contributed by atoms with Crippen LogP contribution in [-0.2, 0) is 11.3 Å². The number of hydroxylamine groups is 1. The summed E-state index contributed by atoms with van der Waals surface area (Å²) in [4.78, 5) is 13.9. The van der Waals surface area contributed by atoms with Crippen molar-refractivity contribution in [3.8, 4) is 5.75 Å². The Hall–Kier alpha value is -1.59. The molecule has 0 aliphatic carbocycles. The minimum absolute atomic E-state index is 0.246. The fourth-order valence-corrected chi connectivity index (χ4v) is 2.69. The smallest absolute Gasteiger partial charge is 0.260 e. The van der Waals surface area contributed by atoms with E-state index in [9.17, 15) is 4.79 Å². The fourth-order valence-electron chi connectivity index (χ4n) is 2.69. The van der Waals surface area contributed by atoms with Gasteiger partial charge in [0.15, 0.2) is 0 Å². The molecule has 0 radical (unpaired) electrons. The van der Waals surface area contributed by atoms with E-state index in [1.54, 1.807) is 12.6 Å². The highest BCUT2D eigenvalue weighted by Gasteiger charge is 2.27. The second kappa shape index (κ2) is 7.26. The number of methoxy groups -OCH3 is 1. The number of rotatable bonds is 4. The summed E-state index contributed by atoms with van der Waals surface area (Å²) in [5, 5.41) is 8.89. The Morgan fingerprint density at radius 2 is 2.10 bits per heavy atom. The molecule has 1 aromatic rings. The van der Waals surface area contributed by atoms with Crippen LogP contribution >= 0.6 is 0 Å². The molecule has 1 aromatic carbocycles. The van der Waals surface area contributed by atoms with Gasteiger partial charge in [0.25, 0.3) is 5.91 Å². The van der Waals surface area contributed by atoms with E-state index in [1.165, 1.54) is 0 Å². The van der Waals surface area contributed by atoms with Crippen molar-refractivity contribution < 1.29 is 14.7 Å². The lowest BCUT2D eigenvalue weighted by Gasteiger charge is -2.28. The van der Waals surface area contributed by atoms with Crippen molar-refractivity contribution in [1.82, 2.24) is 10.4 Å². The maximum absolute atomic E-state index is 11.8. The van der Waals surface area contributed by atoms with Crippen LogP contribution in [0.1, 0.15) is 31.2 Å². The number of hydrogen-bond acceptors (Lipinski definition) is 4. The minimum Gasteiger partial charge on any atom is -0.497 e. The van der Waals surface area contributed by atoms with Crippen molar-refractivity contribution in [3.05, 3.63) is 29.8 Å².